The number of hydrogen-bond donors (Lipinski definition) is 1. The molecule has 17 heavy (non-hydrogen) atoms. The minimum absolute atomic E-state index is 0.00521. The number of hydrogen-bond acceptors (Lipinski definition) is 1. The van der Waals surface area contributed by atoms with Crippen LogP contribution in [0.5, 0.6) is 0 Å². The highest BCUT2D eigenvalue weighted by Gasteiger charge is 2.22. The van der Waals surface area contributed by atoms with E-state index in [2.05, 4.69) is 5.32 Å². The summed E-state index contributed by atoms with van der Waals surface area (Å²) in [6.07, 6.45) is 0.834. The van der Waals surface area contributed by atoms with Crippen molar-refractivity contribution in [1.82, 2.24) is 10.2 Å². The van der Waals surface area contributed by atoms with Crippen LogP contribution in [0.25, 0.3) is 0 Å². The zero-order valence-electron chi connectivity index (χ0n) is 10.2. The van der Waals surface area contributed by atoms with Gasteiger partial charge in [0.05, 0.1) is 0 Å². The van der Waals surface area contributed by atoms with Gasteiger partial charge in [0.25, 0.3) is 0 Å². The maximum atomic E-state index is 11.9. The van der Waals surface area contributed by atoms with Crippen molar-refractivity contribution < 1.29 is 4.79 Å². The minimum atomic E-state index is 0.00521. The lowest BCUT2D eigenvalue weighted by molar-refractivity contribution is 0.190. The van der Waals surface area contributed by atoms with E-state index in [1.54, 1.807) is 0 Å². The second kappa shape index (κ2) is 4.96. The van der Waals surface area contributed by atoms with Gasteiger partial charge in [-0.05, 0) is 37.5 Å². The number of fused-ring (bicyclic) bond motifs is 1. The van der Waals surface area contributed by atoms with Crippen molar-refractivity contribution in [2.24, 2.45) is 0 Å². The molecule has 92 valence electrons. The van der Waals surface area contributed by atoms with Gasteiger partial charge in [0.1, 0.15) is 0 Å². The highest BCUT2D eigenvalue weighted by molar-refractivity contribution is 6.31. The topological polar surface area (TPSA) is 32.3 Å². The summed E-state index contributed by atoms with van der Waals surface area (Å²) in [6.45, 7) is 5.31. The van der Waals surface area contributed by atoms with Crippen LogP contribution in [-0.2, 0) is 13.0 Å². The molecule has 0 bridgehead atoms. The summed E-state index contributed by atoms with van der Waals surface area (Å²) in [5.41, 5.74) is 2.34. The van der Waals surface area contributed by atoms with Crippen LogP contribution in [0.15, 0.2) is 18.2 Å². The Kier molecular flexibility index (Phi) is 3.57. The number of carbonyl (C=O) groups excluding carboxylic acids is 1. The predicted molar refractivity (Wildman–Crippen MR) is 69.2 cm³/mol. The van der Waals surface area contributed by atoms with E-state index in [0.29, 0.717) is 6.54 Å². The molecule has 1 aliphatic heterocycles. The number of amides is 2. The third kappa shape index (κ3) is 2.72. The summed E-state index contributed by atoms with van der Waals surface area (Å²) in [5.74, 6) is 0. The van der Waals surface area contributed by atoms with E-state index in [-0.39, 0.29) is 12.1 Å². The minimum Gasteiger partial charge on any atom is -0.336 e. The molecule has 0 saturated carbocycles. The Morgan fingerprint density at radius 1 is 1.47 bits per heavy atom. The predicted octanol–water partition coefficient (Wildman–Crippen LogP) is 2.82. The first-order chi connectivity index (χ1) is 8.08. The van der Waals surface area contributed by atoms with Crippen LogP contribution >= 0.6 is 11.6 Å². The molecule has 1 aliphatic rings. The highest BCUT2D eigenvalue weighted by atomic mass is 35.5. The summed E-state index contributed by atoms with van der Waals surface area (Å²) in [4.78, 5) is 13.7. The fraction of sp³-hybridized carbons (Fsp3) is 0.462. The number of halogens is 1. The van der Waals surface area contributed by atoms with E-state index in [1.165, 1.54) is 5.56 Å². The quantitative estimate of drug-likeness (QED) is 0.819. The number of carbonyl (C=O) groups is 1. The SMILES string of the molecule is CC(C)NC(=O)N1CCc2c(Cl)cccc2C1. The van der Waals surface area contributed by atoms with Crippen LogP contribution in [0.1, 0.15) is 25.0 Å². The molecule has 3 nitrogen and oxygen atoms in total. The summed E-state index contributed by atoms with van der Waals surface area (Å²) in [7, 11) is 0. The Morgan fingerprint density at radius 2 is 2.24 bits per heavy atom. The number of benzene rings is 1. The zero-order valence-corrected chi connectivity index (χ0v) is 10.9. The first-order valence-corrected chi connectivity index (χ1v) is 6.27. The van der Waals surface area contributed by atoms with Crippen molar-refractivity contribution in [1.29, 1.82) is 0 Å². The molecule has 0 atom stereocenters. The van der Waals surface area contributed by atoms with Crippen LogP contribution in [0.2, 0.25) is 5.02 Å². The van der Waals surface area contributed by atoms with Crippen molar-refractivity contribution in [3.8, 4) is 0 Å². The molecule has 0 radical (unpaired) electrons. The van der Waals surface area contributed by atoms with E-state index in [4.69, 9.17) is 11.6 Å². The van der Waals surface area contributed by atoms with Gasteiger partial charge in [-0.2, -0.15) is 0 Å². The summed E-state index contributed by atoms with van der Waals surface area (Å²) < 4.78 is 0. The fourth-order valence-corrected chi connectivity index (χ4v) is 2.36. The van der Waals surface area contributed by atoms with Crippen LogP contribution in [-0.4, -0.2) is 23.5 Å². The molecule has 0 spiro atoms. The molecule has 1 heterocycles. The lowest BCUT2D eigenvalue weighted by Crippen LogP contribution is -2.45. The van der Waals surface area contributed by atoms with Crippen molar-refractivity contribution >= 4 is 17.6 Å². The third-order valence-electron chi connectivity index (χ3n) is 2.91. The lowest BCUT2D eigenvalue weighted by Gasteiger charge is -2.30. The van der Waals surface area contributed by atoms with Gasteiger partial charge in [-0.3, -0.25) is 0 Å². The molecule has 2 amide bonds. The van der Waals surface area contributed by atoms with Crippen LogP contribution < -0.4 is 5.32 Å². The van der Waals surface area contributed by atoms with Crippen LogP contribution in [0.4, 0.5) is 4.79 Å². The van der Waals surface area contributed by atoms with Crippen LogP contribution in [0.3, 0.4) is 0 Å². The summed E-state index contributed by atoms with van der Waals surface area (Å²) in [6, 6.07) is 6.06. The molecule has 4 heteroatoms. The van der Waals surface area contributed by atoms with Crippen molar-refractivity contribution in [3.05, 3.63) is 34.3 Å². The monoisotopic (exact) mass is 252 g/mol. The average molecular weight is 253 g/mol. The molecule has 0 aromatic heterocycles. The molecule has 0 aliphatic carbocycles. The smallest absolute Gasteiger partial charge is 0.317 e. The molecule has 0 fully saturated rings. The third-order valence-corrected chi connectivity index (χ3v) is 3.26. The molecule has 0 unspecified atom stereocenters. The van der Waals surface area contributed by atoms with Gasteiger partial charge in [0.2, 0.25) is 0 Å². The van der Waals surface area contributed by atoms with Gasteiger partial charge in [-0.25, -0.2) is 4.79 Å². The van der Waals surface area contributed by atoms with Gasteiger partial charge in [0.15, 0.2) is 0 Å². The summed E-state index contributed by atoms with van der Waals surface area (Å²) in [5, 5.41) is 3.72. The van der Waals surface area contributed by atoms with E-state index >= 15 is 0 Å². The maximum Gasteiger partial charge on any atom is 0.317 e. The molecule has 1 aromatic carbocycles. The van der Waals surface area contributed by atoms with Gasteiger partial charge < -0.3 is 10.2 Å². The Balaban J connectivity index is 2.11. The van der Waals surface area contributed by atoms with Gasteiger partial charge in [0, 0.05) is 24.2 Å². The Labute approximate surface area is 107 Å². The largest absolute Gasteiger partial charge is 0.336 e. The van der Waals surface area contributed by atoms with Gasteiger partial charge in [-0.1, -0.05) is 23.7 Å². The zero-order chi connectivity index (χ0) is 12.4. The molecule has 2 rings (SSSR count). The number of rotatable bonds is 1. The Morgan fingerprint density at radius 3 is 2.94 bits per heavy atom. The molecular weight excluding hydrogens is 236 g/mol. The van der Waals surface area contributed by atoms with Gasteiger partial charge in [-0.15, -0.1) is 0 Å². The maximum absolute atomic E-state index is 11.9. The Bertz CT molecular complexity index is 431. The average Bonchev–Trinajstić information content (AvgIpc) is 2.28. The molecule has 1 aromatic rings. The normalized spacial score (nSPS) is 14.7. The molecule has 0 saturated heterocycles. The van der Waals surface area contributed by atoms with Gasteiger partial charge >= 0.3 is 6.03 Å². The second-order valence-corrected chi connectivity index (χ2v) is 5.06. The number of urea groups is 1. The second-order valence-electron chi connectivity index (χ2n) is 4.65. The number of nitrogens with zero attached hydrogens (tertiary/aromatic N) is 1. The van der Waals surface area contributed by atoms with E-state index < -0.39 is 0 Å². The number of nitrogens with one attached hydrogen (secondary N) is 1. The van der Waals surface area contributed by atoms with Crippen molar-refractivity contribution in [2.45, 2.75) is 32.9 Å². The molecule has 1 N–H and O–H groups in total. The highest BCUT2D eigenvalue weighted by Crippen LogP contribution is 2.25. The standard InChI is InChI=1S/C13H17ClN2O/c1-9(2)15-13(17)16-7-6-11-10(8-16)4-3-5-12(11)14/h3-5,9H,6-8H2,1-2H3,(H,15,17). The van der Waals surface area contributed by atoms with E-state index in [1.807, 2.05) is 36.9 Å². The Hall–Kier alpha value is -1.22. The summed E-state index contributed by atoms with van der Waals surface area (Å²) >= 11 is 6.13. The van der Waals surface area contributed by atoms with Crippen LogP contribution in [0, 0.1) is 0 Å². The first-order valence-electron chi connectivity index (χ1n) is 5.89. The van der Waals surface area contributed by atoms with Crippen molar-refractivity contribution in [2.75, 3.05) is 6.54 Å². The lowest BCUT2D eigenvalue weighted by atomic mass is 10.00. The van der Waals surface area contributed by atoms with E-state index in [0.717, 1.165) is 23.6 Å². The van der Waals surface area contributed by atoms with E-state index in [9.17, 15) is 4.79 Å². The fourth-order valence-electron chi connectivity index (χ4n) is 2.07. The molecular formula is C13H17ClN2O. The first kappa shape index (κ1) is 12.2. The van der Waals surface area contributed by atoms with Crippen molar-refractivity contribution in [3.63, 3.8) is 0 Å².